The summed E-state index contributed by atoms with van der Waals surface area (Å²) in [6, 6.07) is 10.3. The molecule has 0 unspecified atom stereocenters. The number of aromatic nitrogens is 3. The van der Waals surface area contributed by atoms with E-state index in [9.17, 15) is 4.79 Å². The SMILES string of the molecule is CCc1ccc(-c2csc(NC(=O)c3c(C)nc4c(C)cc(Br)cn34)n2)cc1. The summed E-state index contributed by atoms with van der Waals surface area (Å²) in [7, 11) is 0. The van der Waals surface area contributed by atoms with Crippen LogP contribution in [0.15, 0.2) is 46.4 Å². The van der Waals surface area contributed by atoms with E-state index in [4.69, 9.17) is 0 Å². The standard InChI is InChI=1S/C21H19BrN4OS/c1-4-14-5-7-15(8-6-14)17-11-28-21(24-17)25-20(27)18-13(3)23-19-12(2)9-16(22)10-26(18)19/h5-11H,4H2,1-3H3,(H,24,25,27). The Kier molecular flexibility index (Phi) is 5.03. The van der Waals surface area contributed by atoms with Gasteiger partial charge in [-0.05, 0) is 53.4 Å². The fraction of sp³-hybridized carbons (Fsp3) is 0.190. The summed E-state index contributed by atoms with van der Waals surface area (Å²) in [6.45, 7) is 5.95. The number of carbonyl (C=O) groups is 1. The summed E-state index contributed by atoms with van der Waals surface area (Å²) in [4.78, 5) is 22.1. The van der Waals surface area contributed by atoms with Crippen LogP contribution < -0.4 is 5.32 Å². The van der Waals surface area contributed by atoms with Crippen molar-refractivity contribution in [1.29, 1.82) is 0 Å². The monoisotopic (exact) mass is 454 g/mol. The van der Waals surface area contributed by atoms with E-state index in [0.717, 1.165) is 33.4 Å². The maximum atomic E-state index is 12.9. The first kappa shape index (κ1) is 18.8. The van der Waals surface area contributed by atoms with Gasteiger partial charge in [0.1, 0.15) is 11.3 Å². The molecule has 5 nitrogen and oxygen atoms in total. The molecule has 3 aromatic heterocycles. The first-order valence-electron chi connectivity index (χ1n) is 8.97. The Hall–Kier alpha value is -2.51. The Morgan fingerprint density at radius 3 is 2.68 bits per heavy atom. The van der Waals surface area contributed by atoms with Crippen LogP contribution in [-0.4, -0.2) is 20.3 Å². The van der Waals surface area contributed by atoms with Crippen molar-refractivity contribution < 1.29 is 4.79 Å². The molecule has 1 aromatic carbocycles. The molecule has 0 aliphatic carbocycles. The van der Waals surface area contributed by atoms with Crippen LogP contribution in [0.25, 0.3) is 16.9 Å². The predicted molar refractivity (Wildman–Crippen MR) is 117 cm³/mol. The van der Waals surface area contributed by atoms with Gasteiger partial charge in [0.2, 0.25) is 0 Å². The molecule has 4 rings (SSSR count). The Labute approximate surface area is 175 Å². The average Bonchev–Trinajstić information content (AvgIpc) is 3.26. The van der Waals surface area contributed by atoms with Gasteiger partial charge in [-0.3, -0.25) is 14.5 Å². The molecule has 0 spiro atoms. The third kappa shape index (κ3) is 3.47. The van der Waals surface area contributed by atoms with Crippen molar-refractivity contribution in [2.45, 2.75) is 27.2 Å². The first-order valence-corrected chi connectivity index (χ1v) is 10.6. The van der Waals surface area contributed by atoms with Gasteiger partial charge in [0.15, 0.2) is 5.13 Å². The van der Waals surface area contributed by atoms with Gasteiger partial charge in [0.25, 0.3) is 5.91 Å². The fourth-order valence-electron chi connectivity index (χ4n) is 3.19. The number of rotatable bonds is 4. The minimum atomic E-state index is -0.218. The Morgan fingerprint density at radius 1 is 1.21 bits per heavy atom. The van der Waals surface area contributed by atoms with E-state index in [1.54, 1.807) is 0 Å². The molecular weight excluding hydrogens is 436 g/mol. The molecule has 142 valence electrons. The molecule has 0 bridgehead atoms. The van der Waals surface area contributed by atoms with Crippen LogP contribution in [0.2, 0.25) is 0 Å². The maximum absolute atomic E-state index is 12.9. The van der Waals surface area contributed by atoms with E-state index >= 15 is 0 Å². The number of nitrogens with zero attached hydrogens (tertiary/aromatic N) is 3. The van der Waals surface area contributed by atoms with E-state index in [1.165, 1.54) is 16.9 Å². The highest BCUT2D eigenvalue weighted by atomic mass is 79.9. The zero-order valence-electron chi connectivity index (χ0n) is 15.8. The van der Waals surface area contributed by atoms with E-state index in [1.807, 2.05) is 35.9 Å². The van der Waals surface area contributed by atoms with Gasteiger partial charge in [0, 0.05) is 21.6 Å². The minimum Gasteiger partial charge on any atom is -0.296 e. The lowest BCUT2D eigenvalue weighted by Crippen LogP contribution is -2.15. The van der Waals surface area contributed by atoms with Crippen molar-refractivity contribution in [3.8, 4) is 11.3 Å². The van der Waals surface area contributed by atoms with Crippen LogP contribution in [0.4, 0.5) is 5.13 Å². The van der Waals surface area contributed by atoms with E-state index in [-0.39, 0.29) is 5.91 Å². The predicted octanol–water partition coefficient (Wildman–Crippen LogP) is 5.65. The van der Waals surface area contributed by atoms with Crippen molar-refractivity contribution in [1.82, 2.24) is 14.4 Å². The number of anilines is 1. The second-order valence-corrected chi connectivity index (χ2v) is 8.40. The van der Waals surface area contributed by atoms with E-state index in [2.05, 4.69) is 62.4 Å². The van der Waals surface area contributed by atoms with Gasteiger partial charge in [-0.25, -0.2) is 9.97 Å². The third-order valence-corrected chi connectivity index (χ3v) is 5.83. The molecule has 0 saturated heterocycles. The fourth-order valence-corrected chi connectivity index (χ4v) is 4.45. The lowest BCUT2D eigenvalue weighted by Gasteiger charge is -2.05. The summed E-state index contributed by atoms with van der Waals surface area (Å²) < 4.78 is 2.72. The molecule has 0 atom stereocenters. The molecule has 0 aliphatic heterocycles. The number of amides is 1. The van der Waals surface area contributed by atoms with Crippen molar-refractivity contribution in [2.24, 2.45) is 0 Å². The first-order chi connectivity index (χ1) is 13.5. The molecular formula is C21H19BrN4OS. The molecule has 0 aliphatic rings. The summed E-state index contributed by atoms with van der Waals surface area (Å²) in [5.41, 5.74) is 6.17. The topological polar surface area (TPSA) is 59.3 Å². The highest BCUT2D eigenvalue weighted by Crippen LogP contribution is 2.26. The van der Waals surface area contributed by atoms with Crippen LogP contribution >= 0.6 is 27.3 Å². The van der Waals surface area contributed by atoms with Gasteiger partial charge in [-0.1, -0.05) is 31.2 Å². The number of thiazole rings is 1. The smallest absolute Gasteiger partial charge is 0.276 e. The number of halogens is 1. The van der Waals surface area contributed by atoms with Crippen molar-refractivity contribution >= 4 is 44.0 Å². The van der Waals surface area contributed by atoms with Crippen LogP contribution in [0.1, 0.15) is 34.2 Å². The van der Waals surface area contributed by atoms with E-state index in [0.29, 0.717) is 16.5 Å². The number of hydrogen-bond acceptors (Lipinski definition) is 4. The largest absolute Gasteiger partial charge is 0.296 e. The molecule has 0 saturated carbocycles. The number of fused-ring (bicyclic) bond motifs is 1. The summed E-state index contributed by atoms with van der Waals surface area (Å²) in [6.07, 6.45) is 2.87. The lowest BCUT2D eigenvalue weighted by atomic mass is 10.1. The number of hydrogen-bond donors (Lipinski definition) is 1. The minimum absolute atomic E-state index is 0.218. The van der Waals surface area contributed by atoms with Crippen LogP contribution in [0, 0.1) is 13.8 Å². The average molecular weight is 455 g/mol. The quantitative estimate of drug-likeness (QED) is 0.433. The van der Waals surface area contributed by atoms with Gasteiger partial charge in [0.05, 0.1) is 11.4 Å². The number of benzene rings is 1. The molecule has 1 amide bonds. The lowest BCUT2D eigenvalue weighted by molar-refractivity contribution is 0.102. The molecule has 1 N–H and O–H groups in total. The zero-order chi connectivity index (χ0) is 19.8. The van der Waals surface area contributed by atoms with Crippen LogP contribution in [0.3, 0.4) is 0 Å². The van der Waals surface area contributed by atoms with Crippen molar-refractivity contribution in [2.75, 3.05) is 5.32 Å². The second kappa shape index (κ2) is 7.48. The Balaban J connectivity index is 1.62. The summed E-state index contributed by atoms with van der Waals surface area (Å²) >= 11 is 4.91. The van der Waals surface area contributed by atoms with Crippen LogP contribution in [0.5, 0.6) is 0 Å². The number of nitrogens with one attached hydrogen (secondary N) is 1. The van der Waals surface area contributed by atoms with Gasteiger partial charge in [-0.15, -0.1) is 11.3 Å². The van der Waals surface area contributed by atoms with Crippen molar-refractivity contribution in [3.63, 3.8) is 0 Å². The number of imidazole rings is 1. The third-order valence-electron chi connectivity index (χ3n) is 4.64. The zero-order valence-corrected chi connectivity index (χ0v) is 18.2. The Bertz CT molecular complexity index is 1180. The van der Waals surface area contributed by atoms with Crippen LogP contribution in [-0.2, 0) is 6.42 Å². The second-order valence-electron chi connectivity index (χ2n) is 6.62. The molecule has 3 heterocycles. The summed E-state index contributed by atoms with van der Waals surface area (Å²) in [5.74, 6) is -0.218. The Morgan fingerprint density at radius 2 is 1.96 bits per heavy atom. The van der Waals surface area contributed by atoms with Gasteiger partial charge < -0.3 is 0 Å². The molecule has 0 radical (unpaired) electrons. The molecule has 28 heavy (non-hydrogen) atoms. The molecule has 0 fully saturated rings. The van der Waals surface area contributed by atoms with Crippen molar-refractivity contribution in [3.05, 3.63) is 68.9 Å². The highest BCUT2D eigenvalue weighted by Gasteiger charge is 2.19. The van der Waals surface area contributed by atoms with E-state index < -0.39 is 0 Å². The molecule has 7 heteroatoms. The highest BCUT2D eigenvalue weighted by molar-refractivity contribution is 9.10. The summed E-state index contributed by atoms with van der Waals surface area (Å²) in [5, 5.41) is 5.45. The molecule has 4 aromatic rings. The normalized spacial score (nSPS) is 11.1. The van der Waals surface area contributed by atoms with Gasteiger partial charge >= 0.3 is 0 Å². The number of aryl methyl sites for hydroxylation is 3. The van der Waals surface area contributed by atoms with Gasteiger partial charge in [-0.2, -0.15) is 0 Å². The number of carbonyl (C=O) groups excluding carboxylic acids is 1. The number of pyridine rings is 1. The maximum Gasteiger partial charge on any atom is 0.276 e.